The Morgan fingerprint density at radius 2 is 1.90 bits per heavy atom. The second-order valence-corrected chi connectivity index (χ2v) is 6.64. The van der Waals surface area contributed by atoms with Gasteiger partial charge in [0.2, 0.25) is 5.91 Å². The van der Waals surface area contributed by atoms with Gasteiger partial charge in [-0.25, -0.2) is 0 Å². The smallest absolute Gasteiger partial charge is 0.237 e. The lowest BCUT2D eigenvalue weighted by molar-refractivity contribution is -0.115. The number of nitrogens with one attached hydrogen (secondary N) is 1. The van der Waals surface area contributed by atoms with Crippen LogP contribution in [0.3, 0.4) is 0 Å². The Morgan fingerprint density at radius 3 is 2.57 bits per heavy atom. The lowest BCUT2D eigenvalue weighted by atomic mass is 10.2. The summed E-state index contributed by atoms with van der Waals surface area (Å²) in [5.74, 6) is -0.121. The quantitative estimate of drug-likeness (QED) is 0.626. The molecule has 110 valence electrons. The summed E-state index contributed by atoms with van der Waals surface area (Å²) >= 11 is 13.2. The molecule has 1 amide bonds. The summed E-state index contributed by atoms with van der Waals surface area (Å²) in [6.07, 6.45) is 0. The fraction of sp³-hybridized carbons (Fsp3) is 0.133. The molecule has 0 aliphatic rings. The van der Waals surface area contributed by atoms with Crippen LogP contribution in [0.2, 0.25) is 10.0 Å². The first kappa shape index (κ1) is 16.0. The molecule has 0 saturated heterocycles. The van der Waals surface area contributed by atoms with Crippen LogP contribution in [0.25, 0.3) is 0 Å². The average molecular weight is 341 g/mol. The Bertz CT molecular complexity index is 664. The molecule has 6 heteroatoms. The van der Waals surface area contributed by atoms with Crippen molar-refractivity contribution in [1.29, 1.82) is 0 Å². The molecule has 0 aliphatic heterocycles. The molecule has 3 N–H and O–H groups in total. The summed E-state index contributed by atoms with van der Waals surface area (Å²) in [5.41, 5.74) is 6.96. The van der Waals surface area contributed by atoms with Gasteiger partial charge in [0.1, 0.15) is 0 Å². The van der Waals surface area contributed by atoms with Crippen LogP contribution >= 0.6 is 35.0 Å². The van der Waals surface area contributed by atoms with E-state index in [-0.39, 0.29) is 11.2 Å². The number of rotatable bonds is 4. The van der Waals surface area contributed by atoms with Crippen molar-refractivity contribution >= 4 is 52.2 Å². The number of hydrogen-bond acceptors (Lipinski definition) is 3. The number of amides is 1. The lowest BCUT2D eigenvalue weighted by Crippen LogP contribution is -2.22. The third kappa shape index (κ3) is 4.30. The van der Waals surface area contributed by atoms with E-state index in [1.54, 1.807) is 24.3 Å². The molecule has 0 bridgehead atoms. The Labute approximate surface area is 137 Å². The first-order valence-electron chi connectivity index (χ1n) is 6.24. The zero-order chi connectivity index (χ0) is 15.4. The molecule has 2 aromatic carbocycles. The SMILES string of the molecule is CC(Sc1ccc(Cl)c(Cl)c1)C(=O)Nc1ccccc1N. The van der Waals surface area contributed by atoms with Crippen LogP contribution < -0.4 is 11.1 Å². The highest BCUT2D eigenvalue weighted by atomic mass is 35.5. The summed E-state index contributed by atoms with van der Waals surface area (Å²) < 4.78 is 0. The Balaban J connectivity index is 2.02. The van der Waals surface area contributed by atoms with Crippen molar-refractivity contribution in [3.63, 3.8) is 0 Å². The predicted molar refractivity (Wildman–Crippen MR) is 91.3 cm³/mol. The van der Waals surface area contributed by atoms with E-state index in [1.807, 2.05) is 25.1 Å². The number of nitrogens with two attached hydrogens (primary N) is 1. The van der Waals surface area contributed by atoms with Gasteiger partial charge in [0.25, 0.3) is 0 Å². The van der Waals surface area contributed by atoms with Crippen molar-refractivity contribution in [2.45, 2.75) is 17.1 Å². The van der Waals surface area contributed by atoms with Crippen LogP contribution in [0.4, 0.5) is 11.4 Å². The largest absolute Gasteiger partial charge is 0.397 e. The molecule has 0 heterocycles. The van der Waals surface area contributed by atoms with Crippen LogP contribution in [-0.2, 0) is 4.79 Å². The Morgan fingerprint density at radius 1 is 1.19 bits per heavy atom. The maximum atomic E-state index is 12.2. The normalized spacial score (nSPS) is 12.0. The number of carbonyl (C=O) groups is 1. The third-order valence-electron chi connectivity index (χ3n) is 2.79. The monoisotopic (exact) mass is 340 g/mol. The zero-order valence-electron chi connectivity index (χ0n) is 11.3. The Hall–Kier alpha value is -1.36. The molecule has 0 aliphatic carbocycles. The van der Waals surface area contributed by atoms with Crippen molar-refractivity contribution in [2.75, 3.05) is 11.1 Å². The first-order chi connectivity index (χ1) is 9.97. The van der Waals surface area contributed by atoms with Crippen LogP contribution in [-0.4, -0.2) is 11.2 Å². The highest BCUT2D eigenvalue weighted by Gasteiger charge is 2.16. The molecule has 2 rings (SSSR count). The molecule has 3 nitrogen and oxygen atoms in total. The van der Waals surface area contributed by atoms with Crippen LogP contribution in [0, 0.1) is 0 Å². The van der Waals surface area contributed by atoms with Crippen molar-refractivity contribution in [3.05, 3.63) is 52.5 Å². The van der Waals surface area contributed by atoms with E-state index in [9.17, 15) is 4.79 Å². The molecule has 21 heavy (non-hydrogen) atoms. The number of thioether (sulfide) groups is 1. The molecule has 2 aromatic rings. The second-order valence-electron chi connectivity index (χ2n) is 4.41. The van der Waals surface area contributed by atoms with Crippen LogP contribution in [0.1, 0.15) is 6.92 Å². The predicted octanol–water partition coefficient (Wildman–Crippen LogP) is 4.69. The van der Waals surface area contributed by atoms with Gasteiger partial charge in [-0.15, -0.1) is 11.8 Å². The van der Waals surface area contributed by atoms with Gasteiger partial charge in [-0.3, -0.25) is 4.79 Å². The van der Waals surface area contributed by atoms with E-state index >= 15 is 0 Å². The van der Waals surface area contributed by atoms with Crippen molar-refractivity contribution < 1.29 is 4.79 Å². The molecular formula is C15H14Cl2N2OS. The van der Waals surface area contributed by atoms with Gasteiger partial charge in [-0.1, -0.05) is 35.3 Å². The minimum Gasteiger partial charge on any atom is -0.397 e. The minimum atomic E-state index is -0.290. The first-order valence-corrected chi connectivity index (χ1v) is 7.88. The standard InChI is InChI=1S/C15H14Cl2N2OS/c1-9(21-10-6-7-11(16)12(17)8-10)15(20)19-14-5-3-2-4-13(14)18/h2-9H,18H2,1H3,(H,19,20). The van der Waals surface area contributed by atoms with E-state index < -0.39 is 0 Å². The number of halogens is 2. The summed E-state index contributed by atoms with van der Waals surface area (Å²) in [6, 6.07) is 12.4. The van der Waals surface area contributed by atoms with Crippen molar-refractivity contribution in [2.24, 2.45) is 0 Å². The van der Waals surface area contributed by atoms with Gasteiger partial charge in [-0.05, 0) is 37.3 Å². The van der Waals surface area contributed by atoms with Gasteiger partial charge < -0.3 is 11.1 Å². The fourth-order valence-electron chi connectivity index (χ4n) is 1.65. The summed E-state index contributed by atoms with van der Waals surface area (Å²) in [4.78, 5) is 13.1. The Kier molecular flexibility index (Phi) is 5.39. The van der Waals surface area contributed by atoms with Gasteiger partial charge in [0, 0.05) is 4.90 Å². The van der Waals surface area contributed by atoms with Crippen LogP contribution in [0.5, 0.6) is 0 Å². The van der Waals surface area contributed by atoms with Gasteiger partial charge >= 0.3 is 0 Å². The molecule has 1 atom stereocenters. The molecular weight excluding hydrogens is 327 g/mol. The molecule has 0 fully saturated rings. The average Bonchev–Trinajstić information content (AvgIpc) is 2.45. The summed E-state index contributed by atoms with van der Waals surface area (Å²) in [7, 11) is 0. The zero-order valence-corrected chi connectivity index (χ0v) is 13.6. The fourth-order valence-corrected chi connectivity index (χ4v) is 2.92. The third-order valence-corrected chi connectivity index (χ3v) is 4.62. The van der Waals surface area contributed by atoms with Crippen molar-refractivity contribution in [1.82, 2.24) is 0 Å². The number of carbonyl (C=O) groups excluding carboxylic acids is 1. The van der Waals surface area contributed by atoms with E-state index in [1.165, 1.54) is 11.8 Å². The maximum absolute atomic E-state index is 12.2. The number of anilines is 2. The van der Waals surface area contributed by atoms with Crippen molar-refractivity contribution in [3.8, 4) is 0 Å². The molecule has 0 spiro atoms. The molecule has 0 saturated carbocycles. The van der Waals surface area contributed by atoms with Gasteiger partial charge in [-0.2, -0.15) is 0 Å². The van der Waals surface area contributed by atoms with Gasteiger partial charge in [0.05, 0.1) is 26.7 Å². The topological polar surface area (TPSA) is 55.1 Å². The minimum absolute atomic E-state index is 0.121. The lowest BCUT2D eigenvalue weighted by Gasteiger charge is -2.13. The van der Waals surface area contributed by atoms with Gasteiger partial charge in [0.15, 0.2) is 0 Å². The summed E-state index contributed by atoms with van der Waals surface area (Å²) in [5, 5.41) is 3.49. The van der Waals surface area contributed by atoms with E-state index in [0.717, 1.165) is 4.90 Å². The number of nitrogen functional groups attached to an aromatic ring is 1. The molecule has 1 unspecified atom stereocenters. The highest BCUT2D eigenvalue weighted by Crippen LogP contribution is 2.30. The second kappa shape index (κ2) is 7.07. The molecule has 0 radical (unpaired) electrons. The highest BCUT2D eigenvalue weighted by molar-refractivity contribution is 8.00. The number of para-hydroxylation sites is 2. The van der Waals surface area contributed by atoms with E-state index in [4.69, 9.17) is 28.9 Å². The summed E-state index contributed by atoms with van der Waals surface area (Å²) in [6.45, 7) is 1.82. The maximum Gasteiger partial charge on any atom is 0.237 e. The van der Waals surface area contributed by atoms with E-state index in [2.05, 4.69) is 5.32 Å². The van der Waals surface area contributed by atoms with Crippen LogP contribution in [0.15, 0.2) is 47.4 Å². The number of hydrogen-bond donors (Lipinski definition) is 2. The molecule has 0 aromatic heterocycles. The van der Waals surface area contributed by atoms with E-state index in [0.29, 0.717) is 21.4 Å². The number of benzene rings is 2.